The highest BCUT2D eigenvalue weighted by Gasteiger charge is 2.12. The van der Waals surface area contributed by atoms with E-state index in [2.05, 4.69) is 27.2 Å². The van der Waals surface area contributed by atoms with Crippen LogP contribution in [0.15, 0.2) is 36.5 Å². The maximum atomic E-state index is 6.24. The molecule has 5 heteroatoms. The fourth-order valence-electron chi connectivity index (χ4n) is 2.25. The molecule has 21 heavy (non-hydrogen) atoms. The maximum absolute atomic E-state index is 6.24. The number of benzene rings is 1. The number of anilines is 1. The Labute approximate surface area is 128 Å². The van der Waals surface area contributed by atoms with E-state index >= 15 is 0 Å². The molecule has 0 bridgehead atoms. The topological polar surface area (TPSA) is 50.7 Å². The van der Waals surface area contributed by atoms with Crippen molar-refractivity contribution in [3.05, 3.63) is 47.2 Å². The first-order valence-electron chi connectivity index (χ1n) is 6.82. The van der Waals surface area contributed by atoms with Gasteiger partial charge in [0.25, 0.3) is 0 Å². The number of hydrogen-bond donors (Lipinski definition) is 1. The summed E-state index contributed by atoms with van der Waals surface area (Å²) in [4.78, 5) is 13.6. The molecule has 106 valence electrons. The summed E-state index contributed by atoms with van der Waals surface area (Å²) >= 11 is 6.24. The monoisotopic (exact) mass is 298 g/mol. The van der Waals surface area contributed by atoms with Crippen molar-refractivity contribution in [2.75, 3.05) is 12.4 Å². The van der Waals surface area contributed by atoms with Crippen LogP contribution in [0.1, 0.15) is 12.6 Å². The Morgan fingerprint density at radius 3 is 2.81 bits per heavy atom. The lowest BCUT2D eigenvalue weighted by Crippen LogP contribution is -2.01. The average molecular weight is 299 g/mol. The van der Waals surface area contributed by atoms with Crippen LogP contribution in [-0.2, 0) is 6.42 Å². The van der Waals surface area contributed by atoms with Crippen molar-refractivity contribution >= 4 is 28.3 Å². The zero-order chi connectivity index (χ0) is 14.8. The van der Waals surface area contributed by atoms with Crippen molar-refractivity contribution in [2.45, 2.75) is 13.3 Å². The quantitative estimate of drug-likeness (QED) is 0.795. The summed E-state index contributed by atoms with van der Waals surface area (Å²) in [5.74, 6) is 1.47. The standard InChI is InChI=1S/C16H15ClN4/c1-3-10-9-14(18-2)21-16(20-10)12-6-7-13(17)11-5-4-8-19-15(11)12/h4-9H,3H2,1-2H3,(H,18,20,21). The molecule has 0 unspecified atom stereocenters. The third-order valence-corrected chi connectivity index (χ3v) is 3.68. The van der Waals surface area contributed by atoms with Gasteiger partial charge in [-0.25, -0.2) is 9.97 Å². The number of hydrogen-bond acceptors (Lipinski definition) is 4. The highest BCUT2D eigenvalue weighted by molar-refractivity contribution is 6.35. The Balaban J connectivity index is 2.28. The minimum atomic E-state index is 0.666. The van der Waals surface area contributed by atoms with E-state index in [4.69, 9.17) is 11.6 Å². The molecule has 3 aromatic rings. The maximum Gasteiger partial charge on any atom is 0.163 e. The van der Waals surface area contributed by atoms with Crippen LogP contribution in [0.25, 0.3) is 22.3 Å². The molecule has 0 saturated heterocycles. The largest absolute Gasteiger partial charge is 0.373 e. The van der Waals surface area contributed by atoms with Crippen LogP contribution in [0.2, 0.25) is 5.02 Å². The lowest BCUT2D eigenvalue weighted by Gasteiger charge is -2.09. The summed E-state index contributed by atoms with van der Waals surface area (Å²) in [6.45, 7) is 2.07. The van der Waals surface area contributed by atoms with Crippen molar-refractivity contribution in [3.63, 3.8) is 0 Å². The molecule has 0 aliphatic heterocycles. The fraction of sp³-hybridized carbons (Fsp3) is 0.188. The van der Waals surface area contributed by atoms with Gasteiger partial charge in [-0.1, -0.05) is 18.5 Å². The number of aromatic nitrogens is 3. The molecule has 0 fully saturated rings. The summed E-state index contributed by atoms with van der Waals surface area (Å²) in [6.07, 6.45) is 2.61. The van der Waals surface area contributed by atoms with Gasteiger partial charge in [-0.15, -0.1) is 0 Å². The smallest absolute Gasteiger partial charge is 0.163 e. The van der Waals surface area contributed by atoms with Gasteiger partial charge in [0, 0.05) is 36.0 Å². The number of rotatable bonds is 3. The number of aryl methyl sites for hydroxylation is 1. The Kier molecular flexibility index (Phi) is 3.71. The van der Waals surface area contributed by atoms with Gasteiger partial charge in [-0.2, -0.15) is 0 Å². The van der Waals surface area contributed by atoms with E-state index in [1.807, 2.05) is 37.4 Å². The van der Waals surface area contributed by atoms with E-state index in [9.17, 15) is 0 Å². The highest BCUT2D eigenvalue weighted by atomic mass is 35.5. The summed E-state index contributed by atoms with van der Waals surface area (Å²) in [6, 6.07) is 9.57. The van der Waals surface area contributed by atoms with Crippen molar-refractivity contribution in [1.82, 2.24) is 15.0 Å². The molecule has 0 radical (unpaired) electrons. The van der Waals surface area contributed by atoms with Gasteiger partial charge in [0.05, 0.1) is 10.5 Å². The van der Waals surface area contributed by atoms with Gasteiger partial charge in [0.1, 0.15) is 5.82 Å². The van der Waals surface area contributed by atoms with E-state index in [1.54, 1.807) is 6.20 Å². The normalized spacial score (nSPS) is 10.8. The third kappa shape index (κ3) is 2.54. The number of nitrogens with one attached hydrogen (secondary N) is 1. The molecule has 4 nitrogen and oxygen atoms in total. The molecular weight excluding hydrogens is 284 g/mol. The number of fused-ring (bicyclic) bond motifs is 1. The lowest BCUT2D eigenvalue weighted by molar-refractivity contribution is 1.01. The second-order valence-electron chi connectivity index (χ2n) is 4.67. The minimum Gasteiger partial charge on any atom is -0.373 e. The Bertz CT molecular complexity index is 779. The van der Waals surface area contributed by atoms with Gasteiger partial charge in [0.2, 0.25) is 0 Å². The van der Waals surface area contributed by atoms with Crippen LogP contribution in [0.3, 0.4) is 0 Å². The molecule has 2 aromatic heterocycles. The molecule has 0 amide bonds. The zero-order valence-electron chi connectivity index (χ0n) is 11.9. The Hall–Kier alpha value is -2.20. The zero-order valence-corrected chi connectivity index (χ0v) is 12.6. The third-order valence-electron chi connectivity index (χ3n) is 3.35. The van der Waals surface area contributed by atoms with Gasteiger partial charge < -0.3 is 5.32 Å². The summed E-state index contributed by atoms with van der Waals surface area (Å²) in [7, 11) is 1.85. The minimum absolute atomic E-state index is 0.666. The molecule has 0 aliphatic rings. The van der Waals surface area contributed by atoms with Crippen molar-refractivity contribution in [3.8, 4) is 11.4 Å². The molecule has 3 rings (SSSR count). The number of nitrogens with zero attached hydrogens (tertiary/aromatic N) is 3. The lowest BCUT2D eigenvalue weighted by atomic mass is 10.1. The first-order valence-corrected chi connectivity index (χ1v) is 7.20. The van der Waals surface area contributed by atoms with Gasteiger partial charge in [-0.05, 0) is 30.7 Å². The summed E-state index contributed by atoms with van der Waals surface area (Å²) in [5.41, 5.74) is 2.70. The molecule has 0 spiro atoms. The SMILES string of the molecule is CCc1cc(NC)nc(-c2ccc(Cl)c3cccnc23)n1. The van der Waals surface area contributed by atoms with Gasteiger partial charge in [0.15, 0.2) is 5.82 Å². The van der Waals surface area contributed by atoms with Gasteiger partial charge in [-0.3, -0.25) is 4.98 Å². The van der Waals surface area contributed by atoms with Crippen LogP contribution in [0, 0.1) is 0 Å². The Morgan fingerprint density at radius 2 is 2.05 bits per heavy atom. The van der Waals surface area contributed by atoms with Crippen LogP contribution in [-0.4, -0.2) is 22.0 Å². The first kappa shape index (κ1) is 13.8. The average Bonchev–Trinajstić information content (AvgIpc) is 2.55. The highest BCUT2D eigenvalue weighted by Crippen LogP contribution is 2.30. The molecule has 0 saturated carbocycles. The Morgan fingerprint density at radius 1 is 1.19 bits per heavy atom. The second-order valence-corrected chi connectivity index (χ2v) is 5.07. The van der Waals surface area contributed by atoms with Crippen LogP contribution in [0.5, 0.6) is 0 Å². The van der Waals surface area contributed by atoms with Crippen LogP contribution < -0.4 is 5.32 Å². The van der Waals surface area contributed by atoms with Gasteiger partial charge >= 0.3 is 0 Å². The van der Waals surface area contributed by atoms with E-state index in [0.29, 0.717) is 10.8 Å². The van der Waals surface area contributed by atoms with E-state index in [-0.39, 0.29) is 0 Å². The van der Waals surface area contributed by atoms with E-state index < -0.39 is 0 Å². The summed E-state index contributed by atoms with van der Waals surface area (Å²) in [5, 5.41) is 4.67. The molecule has 1 aromatic carbocycles. The molecule has 1 N–H and O–H groups in total. The molecule has 2 heterocycles. The fourth-order valence-corrected chi connectivity index (χ4v) is 2.46. The van der Waals surface area contributed by atoms with Crippen LogP contribution in [0.4, 0.5) is 5.82 Å². The van der Waals surface area contributed by atoms with Crippen molar-refractivity contribution in [1.29, 1.82) is 0 Å². The van der Waals surface area contributed by atoms with Crippen LogP contribution >= 0.6 is 11.6 Å². The number of halogens is 1. The predicted molar refractivity (Wildman–Crippen MR) is 86.7 cm³/mol. The van der Waals surface area contributed by atoms with E-state index in [1.165, 1.54) is 0 Å². The van der Waals surface area contributed by atoms with E-state index in [0.717, 1.165) is 34.4 Å². The van der Waals surface area contributed by atoms with Crippen molar-refractivity contribution in [2.24, 2.45) is 0 Å². The first-order chi connectivity index (χ1) is 10.2. The van der Waals surface area contributed by atoms with Crippen molar-refractivity contribution < 1.29 is 0 Å². The second kappa shape index (κ2) is 5.66. The summed E-state index contributed by atoms with van der Waals surface area (Å²) < 4.78 is 0. The predicted octanol–water partition coefficient (Wildman–Crippen LogP) is 3.95. The number of pyridine rings is 1. The molecular formula is C16H15ClN4. The molecule has 0 atom stereocenters. The molecule has 0 aliphatic carbocycles.